The number of nitrogens with one attached hydrogen (secondary N) is 2. The number of benzene rings is 2. The van der Waals surface area contributed by atoms with Gasteiger partial charge in [0.1, 0.15) is 0 Å². The lowest BCUT2D eigenvalue weighted by Crippen LogP contribution is -2.50. The molecular formula is C25H33BrN2O2S. The Morgan fingerprint density at radius 3 is 2.52 bits per heavy atom. The molecule has 0 radical (unpaired) electrons. The molecule has 2 aliphatic rings. The van der Waals surface area contributed by atoms with Crippen molar-refractivity contribution in [3.05, 3.63) is 64.1 Å². The fourth-order valence-corrected chi connectivity index (χ4v) is 7.73. The van der Waals surface area contributed by atoms with E-state index in [2.05, 4.69) is 45.6 Å². The van der Waals surface area contributed by atoms with Crippen LogP contribution < -0.4 is 10.6 Å². The Bertz CT molecular complexity index is 977. The zero-order valence-corrected chi connectivity index (χ0v) is 20.6. The van der Waals surface area contributed by atoms with E-state index < -0.39 is 15.1 Å². The van der Waals surface area contributed by atoms with Crippen LogP contribution >= 0.6 is 15.9 Å². The summed E-state index contributed by atoms with van der Waals surface area (Å²) in [5, 5.41) is 6.70. The van der Waals surface area contributed by atoms with Crippen molar-refractivity contribution in [2.75, 3.05) is 0 Å². The summed E-state index contributed by atoms with van der Waals surface area (Å²) in [4.78, 5) is 0.457. The summed E-state index contributed by atoms with van der Waals surface area (Å²) in [6, 6.07) is 16.0. The minimum absolute atomic E-state index is 0.0312. The maximum atomic E-state index is 13.6. The third-order valence-electron chi connectivity index (χ3n) is 6.76. The molecule has 0 aromatic heterocycles. The van der Waals surface area contributed by atoms with E-state index in [1.165, 1.54) is 24.8 Å². The summed E-state index contributed by atoms with van der Waals surface area (Å²) >= 11 is 3.52. The lowest BCUT2D eigenvalue weighted by Gasteiger charge is -2.30. The summed E-state index contributed by atoms with van der Waals surface area (Å²) in [5.41, 5.74) is 2.38. The number of aryl methyl sites for hydroxylation is 1. The molecule has 4 nitrogen and oxygen atoms in total. The molecule has 0 spiro atoms. The molecule has 168 valence electrons. The molecule has 0 aliphatic carbocycles. The monoisotopic (exact) mass is 504 g/mol. The SMILES string of the molecule is CCCCCCc1ccc(S(=O)(=O)[C@H]2[C@H](NCc3cccc(Br)c3)[C@H]3CC[C@@H]2N3)cc1. The molecule has 2 heterocycles. The second-order valence-corrected chi connectivity index (χ2v) is 12.0. The molecule has 2 aliphatic heterocycles. The van der Waals surface area contributed by atoms with E-state index in [1.54, 1.807) is 0 Å². The van der Waals surface area contributed by atoms with Crippen LogP contribution in [-0.2, 0) is 22.8 Å². The lowest BCUT2D eigenvalue weighted by molar-refractivity contribution is 0.409. The predicted molar refractivity (Wildman–Crippen MR) is 130 cm³/mol. The van der Waals surface area contributed by atoms with Gasteiger partial charge >= 0.3 is 0 Å². The van der Waals surface area contributed by atoms with Crippen molar-refractivity contribution in [3.8, 4) is 0 Å². The quantitative estimate of drug-likeness (QED) is 0.446. The zero-order valence-electron chi connectivity index (χ0n) is 18.2. The van der Waals surface area contributed by atoms with Crippen LogP contribution in [0.5, 0.6) is 0 Å². The van der Waals surface area contributed by atoms with E-state index >= 15 is 0 Å². The van der Waals surface area contributed by atoms with Crippen molar-refractivity contribution in [2.45, 2.75) is 86.7 Å². The van der Waals surface area contributed by atoms with Gasteiger partial charge < -0.3 is 10.6 Å². The minimum atomic E-state index is -3.41. The molecule has 0 unspecified atom stereocenters. The third-order valence-corrected chi connectivity index (χ3v) is 9.52. The van der Waals surface area contributed by atoms with E-state index in [0.717, 1.165) is 35.7 Å². The highest BCUT2D eigenvalue weighted by Crippen LogP contribution is 2.36. The maximum Gasteiger partial charge on any atom is 0.184 e. The number of halogens is 1. The highest BCUT2D eigenvalue weighted by atomic mass is 79.9. The molecular weight excluding hydrogens is 472 g/mol. The van der Waals surface area contributed by atoms with Gasteiger partial charge in [0, 0.05) is 29.1 Å². The van der Waals surface area contributed by atoms with Gasteiger partial charge in [-0.15, -0.1) is 0 Å². The highest BCUT2D eigenvalue weighted by Gasteiger charge is 2.53. The first-order valence-corrected chi connectivity index (χ1v) is 13.9. The van der Waals surface area contributed by atoms with Crippen LogP contribution in [0.4, 0.5) is 0 Å². The summed E-state index contributed by atoms with van der Waals surface area (Å²) in [6.45, 7) is 2.88. The van der Waals surface area contributed by atoms with Crippen LogP contribution in [0.3, 0.4) is 0 Å². The van der Waals surface area contributed by atoms with Crippen molar-refractivity contribution >= 4 is 25.8 Å². The van der Waals surface area contributed by atoms with Crippen LogP contribution in [-0.4, -0.2) is 31.8 Å². The Kier molecular flexibility index (Phi) is 7.52. The number of fused-ring (bicyclic) bond motifs is 2. The number of hydrogen-bond acceptors (Lipinski definition) is 4. The summed E-state index contributed by atoms with van der Waals surface area (Å²) in [6.07, 6.45) is 7.87. The molecule has 4 rings (SSSR count). The Morgan fingerprint density at radius 2 is 1.77 bits per heavy atom. The van der Waals surface area contributed by atoms with E-state index in [0.29, 0.717) is 11.4 Å². The molecule has 4 atom stereocenters. The standard InChI is InChI=1S/C25H33BrN2O2S/c1-2-3-4-5-7-18-10-12-21(13-11-18)31(29,30)25-23-15-14-22(28-23)24(25)27-17-19-8-6-9-20(26)16-19/h6,8-13,16,22-25,27-28H,2-5,7,14-15,17H2,1H3/t22-,23+,24-,25-/m1/s1. The second-order valence-electron chi connectivity index (χ2n) is 8.96. The minimum Gasteiger partial charge on any atom is -0.308 e. The maximum absolute atomic E-state index is 13.6. The predicted octanol–water partition coefficient (Wildman–Crippen LogP) is 5.01. The molecule has 6 heteroatoms. The lowest BCUT2D eigenvalue weighted by atomic mass is 9.94. The molecule has 2 aromatic rings. The van der Waals surface area contributed by atoms with Crippen molar-refractivity contribution in [3.63, 3.8) is 0 Å². The summed E-state index contributed by atoms with van der Waals surface area (Å²) < 4.78 is 28.3. The number of sulfone groups is 1. The van der Waals surface area contributed by atoms with Gasteiger partial charge in [-0.1, -0.05) is 66.4 Å². The molecule has 2 N–H and O–H groups in total. The molecule has 0 amide bonds. The number of rotatable bonds is 10. The fraction of sp³-hybridized carbons (Fsp3) is 0.520. The fourth-order valence-electron chi connectivity index (χ4n) is 5.13. The second kappa shape index (κ2) is 10.2. The Morgan fingerprint density at radius 1 is 1.00 bits per heavy atom. The molecule has 31 heavy (non-hydrogen) atoms. The normalized spacial score (nSPS) is 25.2. The molecule has 0 saturated carbocycles. The van der Waals surface area contributed by atoms with Gasteiger partial charge in [-0.25, -0.2) is 8.42 Å². The Hall–Kier alpha value is -1.21. The van der Waals surface area contributed by atoms with Crippen LogP contribution in [0, 0.1) is 0 Å². The van der Waals surface area contributed by atoms with Gasteiger partial charge in [-0.05, 0) is 61.1 Å². The number of hydrogen-bond donors (Lipinski definition) is 2. The van der Waals surface area contributed by atoms with Gasteiger partial charge in [-0.3, -0.25) is 0 Å². The van der Waals surface area contributed by atoms with Crippen molar-refractivity contribution < 1.29 is 8.42 Å². The summed E-state index contributed by atoms with van der Waals surface area (Å²) in [5.74, 6) is 0. The highest BCUT2D eigenvalue weighted by molar-refractivity contribution is 9.10. The Balaban J connectivity index is 1.46. The van der Waals surface area contributed by atoms with Crippen molar-refractivity contribution in [2.24, 2.45) is 0 Å². The smallest absolute Gasteiger partial charge is 0.184 e. The largest absolute Gasteiger partial charge is 0.308 e. The van der Waals surface area contributed by atoms with E-state index in [9.17, 15) is 8.42 Å². The van der Waals surface area contributed by atoms with Gasteiger partial charge in [0.05, 0.1) is 10.1 Å². The van der Waals surface area contributed by atoms with Crippen LogP contribution in [0.1, 0.15) is 56.6 Å². The van der Waals surface area contributed by atoms with Crippen LogP contribution in [0.2, 0.25) is 0 Å². The first-order chi connectivity index (χ1) is 15.0. The van der Waals surface area contributed by atoms with E-state index in [-0.39, 0.29) is 18.1 Å². The topological polar surface area (TPSA) is 58.2 Å². The molecule has 2 fully saturated rings. The van der Waals surface area contributed by atoms with Gasteiger partial charge in [-0.2, -0.15) is 0 Å². The first kappa shape index (κ1) is 23.0. The molecule has 2 saturated heterocycles. The van der Waals surface area contributed by atoms with Gasteiger partial charge in [0.2, 0.25) is 0 Å². The Labute approximate surface area is 195 Å². The van der Waals surface area contributed by atoms with E-state index in [4.69, 9.17) is 0 Å². The van der Waals surface area contributed by atoms with Gasteiger partial charge in [0.25, 0.3) is 0 Å². The average molecular weight is 506 g/mol. The van der Waals surface area contributed by atoms with Crippen LogP contribution in [0.25, 0.3) is 0 Å². The van der Waals surface area contributed by atoms with Crippen LogP contribution in [0.15, 0.2) is 57.9 Å². The number of unbranched alkanes of at least 4 members (excludes halogenated alkanes) is 3. The first-order valence-electron chi connectivity index (χ1n) is 11.6. The van der Waals surface area contributed by atoms with Crippen molar-refractivity contribution in [1.29, 1.82) is 0 Å². The third kappa shape index (κ3) is 5.24. The van der Waals surface area contributed by atoms with Crippen molar-refractivity contribution in [1.82, 2.24) is 10.6 Å². The van der Waals surface area contributed by atoms with E-state index in [1.807, 2.05) is 36.4 Å². The summed E-state index contributed by atoms with van der Waals surface area (Å²) in [7, 11) is -3.41. The van der Waals surface area contributed by atoms with Gasteiger partial charge in [0.15, 0.2) is 9.84 Å². The zero-order chi connectivity index (χ0) is 21.8. The average Bonchev–Trinajstić information content (AvgIpc) is 3.38. The molecule has 2 bridgehead atoms. The molecule has 2 aromatic carbocycles.